The van der Waals surface area contributed by atoms with Gasteiger partial charge in [-0.05, 0) is 37.5 Å². The maximum atomic E-state index is 12.3. The normalized spacial score (nSPS) is 16.8. The lowest BCUT2D eigenvalue weighted by Gasteiger charge is -2.12. The van der Waals surface area contributed by atoms with Gasteiger partial charge in [0.25, 0.3) is 5.91 Å². The average molecular weight is 327 g/mol. The van der Waals surface area contributed by atoms with E-state index < -0.39 is 0 Å². The van der Waals surface area contributed by atoms with Crippen molar-refractivity contribution in [1.82, 2.24) is 20.3 Å². The molecule has 0 radical (unpaired) electrons. The molecular formula is C17H21N5O2. The number of anilines is 1. The van der Waals surface area contributed by atoms with Crippen molar-refractivity contribution < 1.29 is 9.53 Å². The van der Waals surface area contributed by atoms with Gasteiger partial charge in [-0.25, -0.2) is 9.97 Å². The fraction of sp³-hybridized carbons (Fsp3) is 0.412. The number of aromatic nitrogens is 3. The Kier molecular flexibility index (Phi) is 5.32. The molecule has 7 nitrogen and oxygen atoms in total. The number of carbonyl (C=O) groups is 1. The Bertz CT molecular complexity index is 687. The summed E-state index contributed by atoms with van der Waals surface area (Å²) in [5.74, 6) is 0.978. The summed E-state index contributed by atoms with van der Waals surface area (Å²) in [5.41, 5.74) is 1.34. The van der Waals surface area contributed by atoms with E-state index >= 15 is 0 Å². The van der Waals surface area contributed by atoms with E-state index in [1.807, 2.05) is 12.1 Å². The smallest absolute Gasteiger partial charge is 0.270 e. The van der Waals surface area contributed by atoms with E-state index in [4.69, 9.17) is 4.74 Å². The molecule has 0 saturated carbocycles. The number of carbonyl (C=O) groups excluding carboxylic acids is 1. The highest BCUT2D eigenvalue weighted by molar-refractivity contribution is 5.92. The second-order valence-corrected chi connectivity index (χ2v) is 5.74. The van der Waals surface area contributed by atoms with Crippen LogP contribution in [0, 0.1) is 6.92 Å². The summed E-state index contributed by atoms with van der Waals surface area (Å²) in [6, 6.07) is 5.39. The lowest BCUT2D eigenvalue weighted by molar-refractivity contribution is 0.0945. The van der Waals surface area contributed by atoms with E-state index in [0.717, 1.165) is 25.0 Å². The number of pyridine rings is 1. The van der Waals surface area contributed by atoms with Crippen molar-refractivity contribution in [3.63, 3.8) is 0 Å². The van der Waals surface area contributed by atoms with Gasteiger partial charge in [-0.2, -0.15) is 0 Å². The summed E-state index contributed by atoms with van der Waals surface area (Å²) in [4.78, 5) is 24.8. The van der Waals surface area contributed by atoms with Gasteiger partial charge >= 0.3 is 0 Å². The summed E-state index contributed by atoms with van der Waals surface area (Å²) < 4.78 is 5.58. The van der Waals surface area contributed by atoms with Crippen LogP contribution in [0.5, 0.6) is 0 Å². The number of amides is 1. The second-order valence-electron chi connectivity index (χ2n) is 5.74. The molecule has 1 fully saturated rings. The number of rotatable bonds is 6. The van der Waals surface area contributed by atoms with E-state index in [-0.39, 0.29) is 12.0 Å². The molecule has 2 aromatic rings. The van der Waals surface area contributed by atoms with Gasteiger partial charge in [-0.3, -0.25) is 9.78 Å². The Labute approximate surface area is 140 Å². The Morgan fingerprint density at radius 3 is 2.92 bits per heavy atom. The molecule has 0 bridgehead atoms. The average Bonchev–Trinajstić information content (AvgIpc) is 3.12. The SMILES string of the molecule is Cc1nc(NCC2CCCO2)cc(C(=O)NCc2ccncc2)n1. The van der Waals surface area contributed by atoms with E-state index in [0.29, 0.717) is 30.4 Å². The van der Waals surface area contributed by atoms with Gasteiger partial charge in [-0.1, -0.05) is 0 Å². The minimum Gasteiger partial charge on any atom is -0.376 e. The van der Waals surface area contributed by atoms with Crippen molar-refractivity contribution in [2.75, 3.05) is 18.5 Å². The fourth-order valence-electron chi connectivity index (χ4n) is 2.57. The number of nitrogens with one attached hydrogen (secondary N) is 2. The summed E-state index contributed by atoms with van der Waals surface area (Å²) in [7, 11) is 0. The van der Waals surface area contributed by atoms with Crippen LogP contribution in [-0.2, 0) is 11.3 Å². The highest BCUT2D eigenvalue weighted by Crippen LogP contribution is 2.13. The first-order chi connectivity index (χ1) is 11.7. The number of nitrogens with zero attached hydrogens (tertiary/aromatic N) is 3. The molecule has 1 amide bonds. The first-order valence-electron chi connectivity index (χ1n) is 8.09. The van der Waals surface area contributed by atoms with Crippen LogP contribution in [-0.4, -0.2) is 40.1 Å². The number of hydrogen-bond acceptors (Lipinski definition) is 6. The molecule has 0 aromatic carbocycles. The van der Waals surface area contributed by atoms with Gasteiger partial charge in [0.2, 0.25) is 0 Å². The predicted molar refractivity (Wildman–Crippen MR) is 89.6 cm³/mol. The van der Waals surface area contributed by atoms with Gasteiger partial charge in [0.05, 0.1) is 6.10 Å². The molecule has 1 unspecified atom stereocenters. The first-order valence-corrected chi connectivity index (χ1v) is 8.09. The molecule has 7 heteroatoms. The topological polar surface area (TPSA) is 89.0 Å². The molecule has 2 aromatic heterocycles. The lowest BCUT2D eigenvalue weighted by atomic mass is 10.2. The van der Waals surface area contributed by atoms with Crippen LogP contribution in [0.4, 0.5) is 5.82 Å². The van der Waals surface area contributed by atoms with Crippen molar-refractivity contribution in [3.05, 3.63) is 47.7 Å². The summed E-state index contributed by atoms with van der Waals surface area (Å²) >= 11 is 0. The quantitative estimate of drug-likeness (QED) is 0.839. The molecule has 3 rings (SSSR count). The third kappa shape index (κ3) is 4.48. The van der Waals surface area contributed by atoms with Crippen LogP contribution in [0.25, 0.3) is 0 Å². The Balaban J connectivity index is 1.60. The maximum Gasteiger partial charge on any atom is 0.270 e. The molecule has 1 aliphatic rings. The summed E-state index contributed by atoms with van der Waals surface area (Å²) in [6.45, 7) is 3.71. The Hall–Kier alpha value is -2.54. The van der Waals surface area contributed by atoms with Gasteiger partial charge in [-0.15, -0.1) is 0 Å². The van der Waals surface area contributed by atoms with Gasteiger partial charge < -0.3 is 15.4 Å². The predicted octanol–water partition coefficient (Wildman–Crippen LogP) is 1.70. The summed E-state index contributed by atoms with van der Waals surface area (Å²) in [5, 5.41) is 6.09. The molecule has 1 atom stereocenters. The van der Waals surface area contributed by atoms with Crippen molar-refractivity contribution in [2.45, 2.75) is 32.4 Å². The molecule has 3 heterocycles. The second kappa shape index (κ2) is 7.83. The van der Waals surface area contributed by atoms with Crippen LogP contribution in [0.2, 0.25) is 0 Å². The Morgan fingerprint density at radius 1 is 1.33 bits per heavy atom. The monoisotopic (exact) mass is 327 g/mol. The Morgan fingerprint density at radius 2 is 2.17 bits per heavy atom. The van der Waals surface area contributed by atoms with Gasteiger partial charge in [0.15, 0.2) is 0 Å². The first kappa shape index (κ1) is 16.3. The van der Waals surface area contributed by atoms with E-state index in [1.54, 1.807) is 25.4 Å². The van der Waals surface area contributed by atoms with Crippen LogP contribution in [0.1, 0.15) is 34.7 Å². The van der Waals surface area contributed by atoms with E-state index in [1.165, 1.54) is 0 Å². The molecule has 24 heavy (non-hydrogen) atoms. The largest absolute Gasteiger partial charge is 0.376 e. The fourth-order valence-corrected chi connectivity index (χ4v) is 2.57. The minimum absolute atomic E-state index is 0.212. The molecule has 0 spiro atoms. The molecule has 2 N–H and O–H groups in total. The van der Waals surface area contributed by atoms with Crippen LogP contribution >= 0.6 is 0 Å². The molecule has 0 aliphatic carbocycles. The molecule has 1 aliphatic heterocycles. The third-order valence-electron chi connectivity index (χ3n) is 3.81. The number of hydrogen-bond donors (Lipinski definition) is 2. The van der Waals surface area contributed by atoms with Crippen LogP contribution in [0.15, 0.2) is 30.6 Å². The summed E-state index contributed by atoms with van der Waals surface area (Å²) in [6.07, 6.45) is 5.75. The van der Waals surface area contributed by atoms with E-state index in [2.05, 4.69) is 25.6 Å². The molecular weight excluding hydrogens is 306 g/mol. The zero-order chi connectivity index (χ0) is 16.8. The van der Waals surface area contributed by atoms with Crippen molar-refractivity contribution >= 4 is 11.7 Å². The lowest BCUT2D eigenvalue weighted by Crippen LogP contribution is -2.25. The molecule has 126 valence electrons. The van der Waals surface area contributed by atoms with Gasteiger partial charge in [0, 0.05) is 38.2 Å². The van der Waals surface area contributed by atoms with Crippen molar-refractivity contribution in [3.8, 4) is 0 Å². The minimum atomic E-state index is -0.225. The maximum absolute atomic E-state index is 12.3. The van der Waals surface area contributed by atoms with Crippen molar-refractivity contribution in [1.29, 1.82) is 0 Å². The molecule has 1 saturated heterocycles. The highest BCUT2D eigenvalue weighted by Gasteiger charge is 2.16. The van der Waals surface area contributed by atoms with Crippen LogP contribution < -0.4 is 10.6 Å². The van der Waals surface area contributed by atoms with Crippen molar-refractivity contribution in [2.24, 2.45) is 0 Å². The number of ether oxygens (including phenoxy) is 1. The third-order valence-corrected chi connectivity index (χ3v) is 3.81. The van der Waals surface area contributed by atoms with E-state index in [9.17, 15) is 4.79 Å². The van der Waals surface area contributed by atoms with Gasteiger partial charge in [0.1, 0.15) is 17.3 Å². The zero-order valence-corrected chi connectivity index (χ0v) is 13.7. The number of aryl methyl sites for hydroxylation is 1. The van der Waals surface area contributed by atoms with Crippen LogP contribution in [0.3, 0.4) is 0 Å². The highest BCUT2D eigenvalue weighted by atomic mass is 16.5. The zero-order valence-electron chi connectivity index (χ0n) is 13.7. The standard InChI is InChI=1S/C17H21N5O2/c1-12-21-15(17(23)20-10-13-4-6-18-7-5-13)9-16(22-12)19-11-14-3-2-8-24-14/h4-7,9,14H,2-3,8,10-11H2,1H3,(H,20,23)(H,19,21,22).